The molecule has 0 N–H and O–H groups in total. The molecule has 114 valence electrons. The van der Waals surface area contributed by atoms with E-state index < -0.39 is 0 Å². The van der Waals surface area contributed by atoms with Crippen LogP contribution in [0.5, 0.6) is 0 Å². The fraction of sp³-hybridized carbons (Fsp3) is 0.700. The summed E-state index contributed by atoms with van der Waals surface area (Å²) in [7, 11) is 0. The lowest BCUT2D eigenvalue weighted by Crippen LogP contribution is -2.50. The van der Waals surface area contributed by atoms with Gasteiger partial charge in [0.05, 0.1) is 0 Å². The molecule has 21 heavy (non-hydrogen) atoms. The molecule has 1 saturated heterocycles. The molecule has 2 spiro atoms. The minimum absolute atomic E-state index is 0.604. The summed E-state index contributed by atoms with van der Waals surface area (Å²) in [5.41, 5.74) is 6.35. The van der Waals surface area contributed by atoms with Gasteiger partial charge in [0.2, 0.25) is 0 Å². The van der Waals surface area contributed by atoms with E-state index in [0.29, 0.717) is 10.8 Å². The lowest BCUT2D eigenvalue weighted by atomic mass is 9.62. The minimum Gasteiger partial charge on any atom is -0.156 e. The van der Waals surface area contributed by atoms with Gasteiger partial charge in [-0.1, -0.05) is 51.8 Å². The van der Waals surface area contributed by atoms with Crippen molar-refractivity contribution >= 4 is 11.8 Å². The van der Waals surface area contributed by atoms with Crippen molar-refractivity contribution in [2.75, 3.05) is 5.75 Å². The summed E-state index contributed by atoms with van der Waals surface area (Å²) in [6.07, 6.45) is 8.65. The van der Waals surface area contributed by atoms with Crippen molar-refractivity contribution in [3.8, 4) is 0 Å². The molecule has 1 aromatic carbocycles. The number of aryl methyl sites for hydroxylation is 1. The Morgan fingerprint density at radius 3 is 2.71 bits per heavy atom. The van der Waals surface area contributed by atoms with Crippen LogP contribution in [0.25, 0.3) is 0 Å². The summed E-state index contributed by atoms with van der Waals surface area (Å²) in [5, 5.41) is 0.979. The molecule has 4 atom stereocenters. The van der Waals surface area contributed by atoms with Crippen molar-refractivity contribution in [3.63, 3.8) is 0 Å². The second-order valence-corrected chi connectivity index (χ2v) is 8.44. The molecule has 2 saturated carbocycles. The molecule has 0 amide bonds. The molecule has 1 heteroatoms. The van der Waals surface area contributed by atoms with E-state index in [1.807, 2.05) is 13.8 Å². The van der Waals surface area contributed by atoms with E-state index in [0.717, 1.165) is 11.2 Å². The molecular formula is C20H28S. The highest BCUT2D eigenvalue weighted by Crippen LogP contribution is 2.75. The SMILES string of the molecule is CC.CCc1ccc2c(c1)[C@]13CCCC[C@H]1C1SCC21C3. The Labute approximate surface area is 134 Å². The summed E-state index contributed by atoms with van der Waals surface area (Å²) in [6, 6.07) is 7.52. The van der Waals surface area contributed by atoms with Crippen molar-refractivity contribution in [2.24, 2.45) is 5.92 Å². The first-order valence-electron chi connectivity index (χ1n) is 9.06. The number of hydrogen-bond acceptors (Lipinski definition) is 1. The standard InChI is InChI=1S/C18H22S.C2H6/c1-2-12-6-7-13-15(9-12)17-8-4-3-5-14(17)16-18(13,10-17)11-19-16;1-2/h6-7,9,14,16H,2-5,8,10-11H2,1H3;1-2H3/t14-,16?,17-,18?;/m0./s1. The summed E-state index contributed by atoms with van der Waals surface area (Å²) in [6.45, 7) is 6.30. The first-order valence-corrected chi connectivity index (χ1v) is 10.1. The lowest BCUT2D eigenvalue weighted by Gasteiger charge is -2.51. The molecule has 3 fully saturated rings. The van der Waals surface area contributed by atoms with Crippen LogP contribution in [0.1, 0.15) is 69.6 Å². The van der Waals surface area contributed by atoms with Crippen molar-refractivity contribution < 1.29 is 0 Å². The Kier molecular flexibility index (Phi) is 3.23. The van der Waals surface area contributed by atoms with Crippen LogP contribution < -0.4 is 0 Å². The van der Waals surface area contributed by atoms with Crippen LogP contribution in [0.4, 0.5) is 0 Å². The average molecular weight is 301 g/mol. The van der Waals surface area contributed by atoms with Gasteiger partial charge in [0.15, 0.2) is 0 Å². The summed E-state index contributed by atoms with van der Waals surface area (Å²) in [5.74, 6) is 2.42. The Balaban J connectivity index is 0.000000555. The largest absolute Gasteiger partial charge is 0.156 e. The number of fused-ring (bicyclic) bond motifs is 2. The molecule has 4 aliphatic rings. The van der Waals surface area contributed by atoms with Gasteiger partial charge >= 0.3 is 0 Å². The van der Waals surface area contributed by atoms with E-state index in [4.69, 9.17) is 0 Å². The van der Waals surface area contributed by atoms with Crippen LogP contribution in [0.15, 0.2) is 18.2 Å². The van der Waals surface area contributed by atoms with Gasteiger partial charge in [-0.25, -0.2) is 0 Å². The topological polar surface area (TPSA) is 0 Å². The molecule has 2 unspecified atom stereocenters. The fourth-order valence-electron chi connectivity index (χ4n) is 5.94. The quantitative estimate of drug-likeness (QED) is 0.662. The summed E-state index contributed by atoms with van der Waals surface area (Å²) >= 11 is 2.28. The van der Waals surface area contributed by atoms with Crippen molar-refractivity contribution in [3.05, 3.63) is 34.9 Å². The Morgan fingerprint density at radius 2 is 2.00 bits per heavy atom. The van der Waals surface area contributed by atoms with Gasteiger partial charge in [-0.05, 0) is 48.3 Å². The average Bonchev–Trinajstić information content (AvgIpc) is 2.93. The molecule has 1 aliphatic heterocycles. The Morgan fingerprint density at radius 1 is 1.14 bits per heavy atom. The van der Waals surface area contributed by atoms with Crippen molar-refractivity contribution in [2.45, 2.75) is 75.4 Å². The van der Waals surface area contributed by atoms with E-state index >= 15 is 0 Å². The van der Waals surface area contributed by atoms with Gasteiger partial charge in [-0.2, -0.15) is 11.8 Å². The zero-order chi connectivity index (χ0) is 14.7. The van der Waals surface area contributed by atoms with Gasteiger partial charge in [-0.15, -0.1) is 0 Å². The van der Waals surface area contributed by atoms with E-state index in [9.17, 15) is 0 Å². The molecule has 1 aromatic rings. The Bertz CT molecular complexity index is 563. The first-order chi connectivity index (χ1) is 10.3. The maximum absolute atomic E-state index is 2.60. The van der Waals surface area contributed by atoms with E-state index in [1.54, 1.807) is 16.7 Å². The Hall–Kier alpha value is -0.430. The molecular weight excluding hydrogens is 272 g/mol. The first kappa shape index (κ1) is 14.2. The predicted molar refractivity (Wildman–Crippen MR) is 93.3 cm³/mol. The normalized spacial score (nSPS) is 41.3. The second-order valence-electron chi connectivity index (χ2n) is 7.31. The lowest BCUT2D eigenvalue weighted by molar-refractivity contribution is 0.223. The fourth-order valence-corrected chi connectivity index (χ4v) is 7.80. The van der Waals surface area contributed by atoms with Gasteiger partial charge in [0, 0.05) is 21.8 Å². The van der Waals surface area contributed by atoms with Gasteiger partial charge < -0.3 is 0 Å². The van der Waals surface area contributed by atoms with Crippen LogP contribution >= 0.6 is 11.8 Å². The van der Waals surface area contributed by atoms with Gasteiger partial charge in [-0.3, -0.25) is 0 Å². The van der Waals surface area contributed by atoms with E-state index in [2.05, 4.69) is 36.9 Å². The van der Waals surface area contributed by atoms with Gasteiger partial charge in [0.1, 0.15) is 0 Å². The molecule has 1 heterocycles. The zero-order valence-corrected chi connectivity index (χ0v) is 14.6. The van der Waals surface area contributed by atoms with E-state index in [1.165, 1.54) is 44.3 Å². The third-order valence-corrected chi connectivity index (χ3v) is 8.54. The summed E-state index contributed by atoms with van der Waals surface area (Å²) in [4.78, 5) is 0. The molecule has 5 rings (SSSR count). The zero-order valence-electron chi connectivity index (χ0n) is 13.7. The smallest absolute Gasteiger partial charge is 0.0189 e. The van der Waals surface area contributed by atoms with Crippen molar-refractivity contribution in [1.82, 2.24) is 0 Å². The number of benzene rings is 1. The van der Waals surface area contributed by atoms with Crippen LogP contribution in [0.3, 0.4) is 0 Å². The van der Waals surface area contributed by atoms with E-state index in [-0.39, 0.29) is 0 Å². The van der Waals surface area contributed by atoms with Crippen LogP contribution in [-0.4, -0.2) is 11.0 Å². The molecule has 0 nitrogen and oxygen atoms in total. The molecule has 0 radical (unpaired) electrons. The van der Waals surface area contributed by atoms with Crippen LogP contribution in [-0.2, 0) is 17.3 Å². The number of thioether (sulfide) groups is 1. The van der Waals surface area contributed by atoms with Crippen LogP contribution in [0.2, 0.25) is 0 Å². The number of hydrogen-bond donors (Lipinski definition) is 0. The highest BCUT2D eigenvalue weighted by molar-refractivity contribution is 8.01. The maximum Gasteiger partial charge on any atom is 0.0189 e. The van der Waals surface area contributed by atoms with Crippen LogP contribution in [0, 0.1) is 5.92 Å². The molecule has 0 aromatic heterocycles. The second kappa shape index (κ2) is 4.78. The highest BCUT2D eigenvalue weighted by Gasteiger charge is 2.71. The van der Waals surface area contributed by atoms with Gasteiger partial charge in [0.25, 0.3) is 0 Å². The summed E-state index contributed by atoms with van der Waals surface area (Å²) < 4.78 is 0. The third kappa shape index (κ3) is 1.54. The molecule has 3 aliphatic carbocycles. The predicted octanol–water partition coefficient (Wildman–Crippen LogP) is 5.47. The highest BCUT2D eigenvalue weighted by atomic mass is 32.2. The maximum atomic E-state index is 2.60. The van der Waals surface area contributed by atoms with Crippen molar-refractivity contribution in [1.29, 1.82) is 0 Å². The molecule has 2 bridgehead atoms. The monoisotopic (exact) mass is 300 g/mol. The third-order valence-electron chi connectivity index (χ3n) is 6.72. The number of rotatable bonds is 1. The minimum atomic E-state index is 0.604.